The quantitative estimate of drug-likeness (QED) is 0.0682. The molecule has 266 valence electrons. The van der Waals surface area contributed by atoms with E-state index >= 15 is 0 Å². The second-order valence-corrected chi connectivity index (χ2v) is 12.6. The number of rotatable bonds is 19. The maximum Gasteiger partial charge on any atom is 0.235 e. The molecule has 0 aliphatic carbocycles. The van der Waals surface area contributed by atoms with Crippen molar-refractivity contribution in [3.05, 3.63) is 118 Å². The summed E-state index contributed by atoms with van der Waals surface area (Å²) in [6, 6.07) is 28.5. The molecule has 51 heavy (non-hydrogen) atoms. The monoisotopic (exact) mass is 688 g/mol. The summed E-state index contributed by atoms with van der Waals surface area (Å²) in [5.74, 6) is 7.42. The number of hydrogen-bond acceptors (Lipinski definition) is 7. The zero-order chi connectivity index (χ0) is 35.7. The third-order valence-corrected chi connectivity index (χ3v) is 8.78. The summed E-state index contributed by atoms with van der Waals surface area (Å²) in [6.45, 7) is 1.89. The lowest BCUT2D eigenvalue weighted by molar-refractivity contribution is 0.116. The Hall–Kier alpha value is -5.19. The summed E-state index contributed by atoms with van der Waals surface area (Å²) in [5, 5.41) is 11.2. The van der Waals surface area contributed by atoms with Gasteiger partial charge in [-0.15, -0.1) is 0 Å². The molecule has 7 nitrogen and oxygen atoms in total. The van der Waals surface area contributed by atoms with Gasteiger partial charge in [-0.2, -0.15) is 0 Å². The number of aromatic hydroxyl groups is 1. The fourth-order valence-corrected chi connectivity index (χ4v) is 5.91. The van der Waals surface area contributed by atoms with Crippen molar-refractivity contribution >= 4 is 11.0 Å². The Morgan fingerprint density at radius 3 is 1.96 bits per heavy atom. The molecule has 1 heterocycles. The number of fused-ring (bicyclic) bond motifs is 1. The number of ether oxygens (including phenoxy) is 4. The van der Waals surface area contributed by atoms with Crippen LogP contribution >= 0.6 is 0 Å². The van der Waals surface area contributed by atoms with Gasteiger partial charge in [0.15, 0.2) is 17.3 Å². The van der Waals surface area contributed by atoms with Gasteiger partial charge in [-0.25, -0.2) is 0 Å². The van der Waals surface area contributed by atoms with Crippen LogP contribution in [0, 0.1) is 11.8 Å². The van der Waals surface area contributed by atoms with Gasteiger partial charge in [-0.05, 0) is 48.2 Å². The molecule has 0 fully saturated rings. The first-order valence-corrected chi connectivity index (χ1v) is 17.9. The van der Waals surface area contributed by atoms with E-state index in [1.807, 2.05) is 48.5 Å². The second kappa shape index (κ2) is 19.9. The Morgan fingerprint density at radius 1 is 0.667 bits per heavy atom. The van der Waals surface area contributed by atoms with Crippen LogP contribution in [0.4, 0.5) is 0 Å². The first-order valence-electron chi connectivity index (χ1n) is 17.9. The minimum Gasteiger partial charge on any atom is -0.502 e. The maximum atomic E-state index is 13.3. The topological polar surface area (TPSA) is 87.4 Å². The van der Waals surface area contributed by atoms with E-state index in [0.717, 1.165) is 37.9 Å². The number of unbranched alkanes of at least 4 members (excludes halogenated alkanes) is 9. The van der Waals surface area contributed by atoms with Crippen molar-refractivity contribution in [2.75, 3.05) is 20.8 Å². The lowest BCUT2D eigenvalue weighted by Crippen LogP contribution is -2.04. The van der Waals surface area contributed by atoms with Gasteiger partial charge in [0, 0.05) is 24.7 Å². The van der Waals surface area contributed by atoms with Crippen molar-refractivity contribution < 1.29 is 28.5 Å². The molecule has 0 radical (unpaired) electrons. The van der Waals surface area contributed by atoms with E-state index < -0.39 is 11.2 Å². The first kappa shape index (κ1) is 37.1. The maximum absolute atomic E-state index is 13.3. The molecule has 0 aliphatic heterocycles. The van der Waals surface area contributed by atoms with Crippen LogP contribution in [0.2, 0.25) is 0 Å². The normalized spacial score (nSPS) is 10.9. The molecule has 7 heteroatoms. The average molecular weight is 689 g/mol. The fourth-order valence-electron chi connectivity index (χ4n) is 5.91. The zero-order valence-electron chi connectivity index (χ0n) is 29.7. The minimum atomic E-state index is -0.545. The lowest BCUT2D eigenvalue weighted by atomic mass is 10.1. The molecule has 0 aliphatic rings. The van der Waals surface area contributed by atoms with Crippen LogP contribution in [0.1, 0.15) is 80.9 Å². The molecule has 5 aromatic rings. The molecule has 0 amide bonds. The summed E-state index contributed by atoms with van der Waals surface area (Å²) in [7, 11) is 3.10. The van der Waals surface area contributed by atoms with Crippen LogP contribution in [0.25, 0.3) is 22.3 Å². The highest BCUT2D eigenvalue weighted by Crippen LogP contribution is 2.37. The van der Waals surface area contributed by atoms with Gasteiger partial charge in [0.25, 0.3) is 0 Å². The fraction of sp³-hybridized carbons (Fsp3) is 0.341. The summed E-state index contributed by atoms with van der Waals surface area (Å²) >= 11 is 0. The summed E-state index contributed by atoms with van der Waals surface area (Å²) in [6.07, 6.45) is 11.5. The highest BCUT2D eigenvalue weighted by molar-refractivity contribution is 5.85. The van der Waals surface area contributed by atoms with E-state index in [9.17, 15) is 9.90 Å². The highest BCUT2D eigenvalue weighted by Gasteiger charge is 2.19. The van der Waals surface area contributed by atoms with Crippen LogP contribution in [0.15, 0.2) is 100 Å². The largest absolute Gasteiger partial charge is 0.502 e. The third-order valence-electron chi connectivity index (χ3n) is 8.78. The zero-order valence-corrected chi connectivity index (χ0v) is 29.7. The molecule has 0 bridgehead atoms. The number of methoxy groups -OCH3 is 2. The molecule has 1 N–H and O–H groups in total. The SMILES string of the molecule is COc1cc2oc(-c3ccc(OCc4ccccc4)c(OC)c3)c(O)c(=O)c2cc1C#CCCCCCCCCCCCOCc1ccccc1. The molecule has 4 aromatic carbocycles. The van der Waals surface area contributed by atoms with E-state index in [1.165, 1.54) is 51.2 Å². The molecule has 0 saturated heterocycles. The predicted octanol–water partition coefficient (Wildman–Crippen LogP) is 10.2. The second-order valence-electron chi connectivity index (χ2n) is 12.6. The van der Waals surface area contributed by atoms with Crippen LogP contribution in [0.3, 0.4) is 0 Å². The molecular weight excluding hydrogens is 640 g/mol. The van der Waals surface area contributed by atoms with Gasteiger partial charge in [-0.3, -0.25) is 4.79 Å². The average Bonchev–Trinajstić information content (AvgIpc) is 3.17. The van der Waals surface area contributed by atoms with Crippen molar-refractivity contribution in [1.29, 1.82) is 0 Å². The van der Waals surface area contributed by atoms with Gasteiger partial charge in [0.1, 0.15) is 17.9 Å². The first-order chi connectivity index (χ1) is 25.1. The lowest BCUT2D eigenvalue weighted by Gasteiger charge is -2.13. The van der Waals surface area contributed by atoms with Gasteiger partial charge < -0.3 is 28.5 Å². The smallest absolute Gasteiger partial charge is 0.235 e. The summed E-state index contributed by atoms with van der Waals surface area (Å²) < 4.78 is 29.0. The van der Waals surface area contributed by atoms with E-state index in [0.29, 0.717) is 41.6 Å². The predicted molar refractivity (Wildman–Crippen MR) is 203 cm³/mol. The molecule has 5 rings (SSSR count). The van der Waals surface area contributed by atoms with E-state index in [2.05, 4.69) is 24.0 Å². The Morgan fingerprint density at radius 2 is 1.29 bits per heavy atom. The standard InChI is InChI=1S/C44H48O7/c1-47-39-30-40-37(28-35(39)24-18-10-8-6-4-3-5-7-9-11-19-27-49-31-33-20-14-12-15-21-33)42(45)43(46)44(51-40)36-25-26-38(41(29-36)48-2)50-32-34-22-16-13-17-23-34/h12-17,20-23,25-26,28-30,46H,3-11,19,27,31-32H2,1-2H3. The van der Waals surface area contributed by atoms with Gasteiger partial charge in [0.2, 0.25) is 11.2 Å². The summed E-state index contributed by atoms with van der Waals surface area (Å²) in [5.41, 5.74) is 3.04. The summed E-state index contributed by atoms with van der Waals surface area (Å²) in [4.78, 5) is 13.3. The van der Waals surface area contributed by atoms with E-state index in [4.69, 9.17) is 23.4 Å². The third kappa shape index (κ3) is 10.9. The van der Waals surface area contributed by atoms with Crippen LogP contribution in [-0.4, -0.2) is 25.9 Å². The molecule has 0 atom stereocenters. The van der Waals surface area contributed by atoms with Gasteiger partial charge >= 0.3 is 0 Å². The van der Waals surface area contributed by atoms with Crippen LogP contribution < -0.4 is 19.6 Å². The van der Waals surface area contributed by atoms with Crippen molar-refractivity contribution in [1.82, 2.24) is 0 Å². The molecule has 1 aromatic heterocycles. The van der Waals surface area contributed by atoms with Crippen molar-refractivity contribution in [2.24, 2.45) is 0 Å². The molecule has 0 saturated carbocycles. The minimum absolute atomic E-state index is 0.0328. The van der Waals surface area contributed by atoms with Gasteiger partial charge in [-0.1, -0.05) is 117 Å². The van der Waals surface area contributed by atoms with Gasteiger partial charge in [0.05, 0.1) is 31.8 Å². The Balaban J connectivity index is 1.08. The van der Waals surface area contributed by atoms with Crippen LogP contribution in [0.5, 0.6) is 23.0 Å². The number of hydrogen-bond donors (Lipinski definition) is 1. The molecule has 0 unspecified atom stereocenters. The molecular formula is C44H48O7. The number of benzene rings is 4. The van der Waals surface area contributed by atoms with E-state index in [1.54, 1.807) is 37.4 Å². The van der Waals surface area contributed by atoms with E-state index in [-0.39, 0.29) is 16.7 Å². The Bertz CT molecular complexity index is 1940. The Labute approximate surface area is 301 Å². The van der Waals surface area contributed by atoms with Crippen molar-refractivity contribution in [2.45, 2.75) is 77.4 Å². The van der Waals surface area contributed by atoms with Crippen LogP contribution in [-0.2, 0) is 18.0 Å². The molecule has 0 spiro atoms. The van der Waals surface area contributed by atoms with Crippen molar-refractivity contribution in [3.63, 3.8) is 0 Å². The highest BCUT2D eigenvalue weighted by atomic mass is 16.5. The Kier molecular flexibility index (Phi) is 14.4. The van der Waals surface area contributed by atoms with Crippen molar-refractivity contribution in [3.8, 4) is 46.2 Å².